The smallest absolute Gasteiger partial charge is 0.375 e. The number of hydrogen-bond acceptors (Lipinski definition) is 6. The number of amides is 1. The van der Waals surface area contributed by atoms with Gasteiger partial charge in [-0.05, 0) is 31.5 Å². The molecule has 1 amide bonds. The van der Waals surface area contributed by atoms with Crippen LogP contribution in [0.2, 0.25) is 0 Å². The van der Waals surface area contributed by atoms with Gasteiger partial charge in [-0.2, -0.15) is 28.1 Å². The first-order valence-corrected chi connectivity index (χ1v) is 8.14. The number of rotatable bonds is 7. The van der Waals surface area contributed by atoms with Gasteiger partial charge in [-0.15, -0.1) is 0 Å². The number of anilines is 2. The van der Waals surface area contributed by atoms with Crippen LogP contribution >= 0.6 is 0 Å². The van der Waals surface area contributed by atoms with E-state index in [-0.39, 0.29) is 37.1 Å². The van der Waals surface area contributed by atoms with Crippen molar-refractivity contribution in [3.05, 3.63) is 41.2 Å². The average molecular weight is 383 g/mol. The second-order valence-corrected chi connectivity index (χ2v) is 5.97. The highest BCUT2D eigenvalue weighted by Gasteiger charge is 2.29. The third kappa shape index (κ3) is 6.81. The summed E-state index contributed by atoms with van der Waals surface area (Å²) in [6.45, 7) is 5.32. The maximum absolute atomic E-state index is 12.5. The van der Waals surface area contributed by atoms with Gasteiger partial charge >= 0.3 is 6.18 Å². The molecule has 7 nitrogen and oxygen atoms in total. The predicted octanol–water partition coefficient (Wildman–Crippen LogP) is 3.17. The fraction of sp³-hybridized carbons (Fsp3) is 0.412. The van der Waals surface area contributed by atoms with E-state index in [1.165, 1.54) is 19.1 Å². The molecule has 146 valence electrons. The number of hydrogen-bond donors (Lipinski definition) is 2. The molecule has 2 aromatic rings. The van der Waals surface area contributed by atoms with Crippen LogP contribution in [0.3, 0.4) is 0 Å². The minimum Gasteiger partial charge on any atom is -0.375 e. The molecule has 1 heterocycles. The summed E-state index contributed by atoms with van der Waals surface area (Å²) in [6.07, 6.45) is -4.35. The molecule has 0 aliphatic carbocycles. The number of aromatic nitrogens is 3. The third-order valence-electron chi connectivity index (χ3n) is 3.33. The Hall–Kier alpha value is -2.75. The Labute approximate surface area is 154 Å². The molecule has 1 aromatic heterocycles. The summed E-state index contributed by atoms with van der Waals surface area (Å²) in [6, 6.07) is 4.65. The molecule has 1 aromatic carbocycles. The number of benzene rings is 1. The number of carbonyl (C=O) groups is 1. The molecule has 0 fully saturated rings. The number of carbonyl (C=O) groups excluding carboxylic acids is 1. The normalized spacial score (nSPS) is 12.5. The van der Waals surface area contributed by atoms with Crippen LogP contribution in [0.25, 0.3) is 0 Å². The second kappa shape index (κ2) is 8.76. The molecule has 27 heavy (non-hydrogen) atoms. The Morgan fingerprint density at radius 1 is 1.15 bits per heavy atom. The minimum absolute atomic E-state index is 0.148. The summed E-state index contributed by atoms with van der Waals surface area (Å²) in [5.41, 5.74) is -0.0550. The van der Waals surface area contributed by atoms with Crippen LogP contribution in [-0.4, -0.2) is 33.5 Å². The lowest BCUT2D eigenvalue weighted by atomic mass is 10.1. The van der Waals surface area contributed by atoms with Crippen LogP contribution in [-0.2, 0) is 22.3 Å². The van der Waals surface area contributed by atoms with E-state index in [1.54, 1.807) is 6.92 Å². The quantitative estimate of drug-likeness (QED) is 0.763. The number of halogens is 3. The lowest BCUT2D eigenvalue weighted by Gasteiger charge is -2.15. The zero-order valence-corrected chi connectivity index (χ0v) is 15.1. The van der Waals surface area contributed by atoms with Crippen LogP contribution in [0.1, 0.15) is 30.8 Å². The van der Waals surface area contributed by atoms with E-state index in [2.05, 4.69) is 25.6 Å². The Morgan fingerprint density at radius 3 is 2.37 bits per heavy atom. The van der Waals surface area contributed by atoms with E-state index in [0.717, 1.165) is 12.1 Å². The van der Waals surface area contributed by atoms with E-state index in [4.69, 9.17) is 4.74 Å². The first kappa shape index (κ1) is 20.6. The maximum Gasteiger partial charge on any atom is 0.416 e. The molecule has 0 saturated heterocycles. The third-order valence-corrected chi connectivity index (χ3v) is 3.33. The lowest BCUT2D eigenvalue weighted by Crippen LogP contribution is -2.24. The summed E-state index contributed by atoms with van der Waals surface area (Å²) in [4.78, 5) is 23.3. The zero-order valence-electron chi connectivity index (χ0n) is 15.1. The Bertz CT molecular complexity index is 781. The highest BCUT2D eigenvalue weighted by molar-refractivity contribution is 5.86. The summed E-state index contributed by atoms with van der Waals surface area (Å²) in [7, 11) is 0. The van der Waals surface area contributed by atoms with Gasteiger partial charge in [0.15, 0.2) is 0 Å². The van der Waals surface area contributed by atoms with Crippen molar-refractivity contribution < 1.29 is 22.7 Å². The van der Waals surface area contributed by atoms with Crippen molar-refractivity contribution in [2.45, 2.75) is 39.6 Å². The minimum atomic E-state index is -4.35. The lowest BCUT2D eigenvalue weighted by molar-refractivity contribution is -0.137. The van der Waals surface area contributed by atoms with Gasteiger partial charge in [0.1, 0.15) is 5.82 Å². The zero-order chi connectivity index (χ0) is 20.0. The molecular weight excluding hydrogens is 363 g/mol. The van der Waals surface area contributed by atoms with Gasteiger partial charge in [0.2, 0.25) is 17.8 Å². The fourth-order valence-electron chi connectivity index (χ4n) is 2.17. The number of nitrogens with zero attached hydrogens (tertiary/aromatic N) is 3. The van der Waals surface area contributed by atoms with Gasteiger partial charge < -0.3 is 10.1 Å². The molecule has 0 saturated carbocycles. The number of aryl methyl sites for hydroxylation is 1. The van der Waals surface area contributed by atoms with Gasteiger partial charge in [-0.1, -0.05) is 12.1 Å². The highest BCUT2D eigenvalue weighted by Crippen LogP contribution is 2.29. The molecule has 10 heteroatoms. The summed E-state index contributed by atoms with van der Waals surface area (Å²) < 4.78 is 43.1. The predicted molar refractivity (Wildman–Crippen MR) is 93.1 cm³/mol. The van der Waals surface area contributed by atoms with Gasteiger partial charge in [-0.25, -0.2) is 0 Å². The Kier molecular flexibility index (Phi) is 6.67. The van der Waals surface area contributed by atoms with Gasteiger partial charge in [0.05, 0.1) is 18.8 Å². The van der Waals surface area contributed by atoms with E-state index < -0.39 is 11.7 Å². The topological polar surface area (TPSA) is 89.0 Å². The van der Waals surface area contributed by atoms with Crippen molar-refractivity contribution >= 4 is 17.8 Å². The van der Waals surface area contributed by atoms with Crippen molar-refractivity contribution in [3.63, 3.8) is 0 Å². The fourth-order valence-corrected chi connectivity index (χ4v) is 2.17. The van der Waals surface area contributed by atoms with Crippen LogP contribution in [0, 0.1) is 6.92 Å². The molecule has 0 spiro atoms. The van der Waals surface area contributed by atoms with Crippen molar-refractivity contribution in [2.24, 2.45) is 0 Å². The molecule has 0 bridgehead atoms. The Balaban J connectivity index is 1.85. The average Bonchev–Trinajstić information content (AvgIpc) is 2.53. The number of nitrogens with one attached hydrogen (secondary N) is 2. The monoisotopic (exact) mass is 383 g/mol. The van der Waals surface area contributed by atoms with E-state index in [9.17, 15) is 18.0 Å². The van der Waals surface area contributed by atoms with E-state index >= 15 is 0 Å². The van der Waals surface area contributed by atoms with Crippen molar-refractivity contribution in [3.8, 4) is 0 Å². The standard InChI is InChI=1S/C17H20F3N5O2/c1-10(21-15-22-11(2)23-16(25-15)24-12(3)26)8-27-9-13-4-6-14(7-5-13)17(18,19)20/h4-7,10H,8-9H2,1-3H3,(H2,21,22,23,24,25,26). The first-order valence-electron chi connectivity index (χ1n) is 8.14. The summed E-state index contributed by atoms with van der Waals surface area (Å²) in [5, 5.41) is 5.51. The molecule has 2 N–H and O–H groups in total. The van der Waals surface area contributed by atoms with Crippen molar-refractivity contribution in [1.29, 1.82) is 0 Å². The molecule has 2 rings (SSSR count). The molecular formula is C17H20F3N5O2. The largest absolute Gasteiger partial charge is 0.416 e. The van der Waals surface area contributed by atoms with Crippen LogP contribution < -0.4 is 10.6 Å². The number of alkyl halides is 3. The van der Waals surface area contributed by atoms with Crippen LogP contribution in [0.5, 0.6) is 0 Å². The van der Waals surface area contributed by atoms with Gasteiger partial charge in [0, 0.05) is 13.0 Å². The SMILES string of the molecule is CC(=O)Nc1nc(C)nc(NC(C)COCc2ccc(C(F)(F)F)cc2)n1. The van der Waals surface area contributed by atoms with Gasteiger partial charge in [0.25, 0.3) is 0 Å². The number of ether oxygens (including phenoxy) is 1. The highest BCUT2D eigenvalue weighted by atomic mass is 19.4. The molecule has 0 radical (unpaired) electrons. The van der Waals surface area contributed by atoms with Crippen molar-refractivity contribution in [2.75, 3.05) is 17.2 Å². The van der Waals surface area contributed by atoms with Crippen LogP contribution in [0.4, 0.5) is 25.1 Å². The van der Waals surface area contributed by atoms with E-state index in [1.807, 2.05) is 6.92 Å². The first-order chi connectivity index (χ1) is 12.6. The van der Waals surface area contributed by atoms with Crippen molar-refractivity contribution in [1.82, 2.24) is 15.0 Å². The molecule has 0 aliphatic heterocycles. The van der Waals surface area contributed by atoms with Gasteiger partial charge in [-0.3, -0.25) is 10.1 Å². The summed E-state index contributed by atoms with van der Waals surface area (Å²) >= 11 is 0. The Morgan fingerprint density at radius 2 is 1.78 bits per heavy atom. The molecule has 1 unspecified atom stereocenters. The summed E-state index contributed by atoms with van der Waals surface area (Å²) in [5.74, 6) is 0.584. The molecule has 0 aliphatic rings. The second-order valence-electron chi connectivity index (χ2n) is 5.97. The maximum atomic E-state index is 12.5. The molecule has 1 atom stereocenters. The van der Waals surface area contributed by atoms with Crippen LogP contribution in [0.15, 0.2) is 24.3 Å². The van der Waals surface area contributed by atoms with E-state index in [0.29, 0.717) is 11.4 Å².